The van der Waals surface area contributed by atoms with Gasteiger partial charge in [-0.25, -0.2) is 0 Å². The quantitative estimate of drug-likeness (QED) is 0.197. The Labute approximate surface area is 233 Å². The molecule has 0 aliphatic heterocycles. The van der Waals surface area contributed by atoms with Gasteiger partial charge in [0.2, 0.25) is 10.0 Å². The molecule has 3 heterocycles. The minimum absolute atomic E-state index is 0. The largest absolute Gasteiger partial charge is 1.00 e. The van der Waals surface area contributed by atoms with E-state index in [-0.39, 0.29) is 64.4 Å². The van der Waals surface area contributed by atoms with Gasteiger partial charge in [0.1, 0.15) is 5.01 Å². The molecule has 0 amide bonds. The van der Waals surface area contributed by atoms with Crippen LogP contribution in [0, 0.1) is 0 Å². The Morgan fingerprint density at radius 3 is 1.10 bits per heavy atom. The zero-order chi connectivity index (χ0) is 22.7. The van der Waals surface area contributed by atoms with Gasteiger partial charge < -0.3 is 24.0 Å². The summed E-state index contributed by atoms with van der Waals surface area (Å²) in [6, 6.07) is 0. The maximum atomic E-state index is 12.2. The van der Waals surface area contributed by atoms with E-state index in [2.05, 4.69) is 43.2 Å². The number of hydrogen-bond donors (Lipinski definition) is 0. The molecule has 0 fully saturated rings. The second-order valence-corrected chi connectivity index (χ2v) is 10.5. The number of nitrogens with zero attached hydrogens (tertiary/aromatic N) is 6. The molecule has 0 aliphatic carbocycles. The molecule has 31 heavy (non-hydrogen) atoms. The Balaban J connectivity index is 0.000000370. The van der Waals surface area contributed by atoms with Crippen LogP contribution in [0.15, 0.2) is 13.0 Å². The second kappa shape index (κ2) is 11.8. The number of hydrogen-bond acceptors (Lipinski definition) is 12. The molecule has 0 radical (unpaired) electrons. The zero-order valence-corrected chi connectivity index (χ0v) is 22.1. The fraction of sp³-hybridized carbons (Fsp3) is 0.333. The Morgan fingerprint density at radius 1 is 0.548 bits per heavy atom. The van der Waals surface area contributed by atoms with E-state index in [1.165, 1.54) is 0 Å². The van der Waals surface area contributed by atoms with Gasteiger partial charge in [-0.2, -0.15) is 49.7 Å². The van der Waals surface area contributed by atoms with Crippen molar-refractivity contribution in [1.29, 1.82) is 0 Å². The molecule has 0 atom stereocenters. The van der Waals surface area contributed by atoms with Crippen LogP contribution in [-0.2, 0) is 31.2 Å². The molecule has 22 heteroatoms. The molecule has 0 bridgehead atoms. The first-order valence-corrected chi connectivity index (χ1v) is 11.4. The molecule has 0 unspecified atom stereocenters. The summed E-state index contributed by atoms with van der Waals surface area (Å²) in [4.78, 5) is 0. The molecular formula is C9F9KN6S6. The average Bonchev–Trinajstić information content (AvgIpc) is 3.32. The summed E-state index contributed by atoms with van der Waals surface area (Å²) in [5, 5.41) is 15.1. The van der Waals surface area contributed by atoms with Crippen molar-refractivity contribution in [3.8, 4) is 0 Å². The van der Waals surface area contributed by atoms with Crippen LogP contribution in [0.25, 0.3) is 0 Å². The van der Waals surface area contributed by atoms with Gasteiger partial charge in [0.05, 0.1) is 0 Å². The number of alkyl halides is 9. The first-order chi connectivity index (χ1) is 13.7. The summed E-state index contributed by atoms with van der Waals surface area (Å²) in [7, 11) is 1.47. The Kier molecular flexibility index (Phi) is 11.3. The second-order valence-electron chi connectivity index (χ2n) is 4.28. The van der Waals surface area contributed by atoms with Gasteiger partial charge >= 0.3 is 69.9 Å². The van der Waals surface area contributed by atoms with Crippen molar-refractivity contribution in [2.45, 2.75) is 31.5 Å². The molecule has 3 aromatic heterocycles. The third-order valence-corrected chi connectivity index (χ3v) is 8.11. The molecule has 0 saturated heterocycles. The molecule has 166 valence electrons. The van der Waals surface area contributed by atoms with Crippen molar-refractivity contribution in [1.82, 2.24) is 30.6 Å². The number of rotatable bonds is 3. The third-order valence-electron chi connectivity index (χ3n) is 2.13. The minimum Gasteiger partial charge on any atom is -0.406 e. The van der Waals surface area contributed by atoms with Crippen LogP contribution >= 0.6 is 55.6 Å². The third kappa shape index (κ3) is 9.78. The summed E-state index contributed by atoms with van der Waals surface area (Å²) in [5.41, 5.74) is 0. The van der Waals surface area contributed by atoms with E-state index < -0.39 is 33.6 Å². The topological polar surface area (TPSA) is 77.3 Å². The van der Waals surface area contributed by atoms with Crippen LogP contribution < -0.4 is 51.4 Å². The molecule has 0 saturated carbocycles. The molecule has 0 aliphatic rings. The van der Waals surface area contributed by atoms with E-state index in [9.17, 15) is 39.5 Å². The van der Waals surface area contributed by atoms with E-state index in [4.69, 9.17) is 0 Å². The van der Waals surface area contributed by atoms with Crippen LogP contribution in [0.2, 0.25) is 0 Å². The maximum absolute atomic E-state index is 12.2. The van der Waals surface area contributed by atoms with Crippen LogP contribution in [-0.4, -0.2) is 30.6 Å². The number of aromatic nitrogens is 6. The number of halogens is 9. The SMILES string of the molecule is FC(F)(F)c1nnc(SSc2nnc(C(F)(F)F)s2)s1.FC(F)(F)c1nnc([S-])s1.[K+]. The summed E-state index contributed by atoms with van der Waals surface area (Å²) in [6.07, 6.45) is -13.6. The Bertz CT molecular complexity index is 914. The van der Waals surface area contributed by atoms with E-state index in [1.54, 1.807) is 0 Å². The van der Waals surface area contributed by atoms with E-state index in [1.807, 2.05) is 0 Å². The van der Waals surface area contributed by atoms with E-state index >= 15 is 0 Å². The zero-order valence-electron chi connectivity index (χ0n) is 14.0. The molecule has 0 spiro atoms. The maximum Gasteiger partial charge on any atom is 1.00 e. The van der Waals surface area contributed by atoms with Crippen molar-refractivity contribution < 1.29 is 90.9 Å². The predicted molar refractivity (Wildman–Crippen MR) is 92.1 cm³/mol. The van der Waals surface area contributed by atoms with Gasteiger partial charge in [-0.3, -0.25) is 0 Å². The summed E-state index contributed by atoms with van der Waals surface area (Å²) in [6.45, 7) is 0. The molecule has 3 aromatic rings. The van der Waals surface area contributed by atoms with Crippen molar-refractivity contribution in [3.05, 3.63) is 15.0 Å². The van der Waals surface area contributed by atoms with Crippen LogP contribution in [0.5, 0.6) is 0 Å². The normalized spacial score (nSPS) is 12.2. The van der Waals surface area contributed by atoms with Crippen molar-refractivity contribution in [2.24, 2.45) is 0 Å². The van der Waals surface area contributed by atoms with Gasteiger partial charge in [0.25, 0.3) is 0 Å². The van der Waals surface area contributed by atoms with Gasteiger partial charge in [-0.1, -0.05) is 22.7 Å². The monoisotopic (exact) mass is 594 g/mol. The van der Waals surface area contributed by atoms with Crippen LogP contribution in [0.3, 0.4) is 0 Å². The Morgan fingerprint density at radius 2 is 0.871 bits per heavy atom. The van der Waals surface area contributed by atoms with E-state index in [0.29, 0.717) is 34.0 Å². The van der Waals surface area contributed by atoms with Gasteiger partial charge in [-0.15, -0.1) is 20.4 Å². The average molecular weight is 595 g/mol. The first-order valence-electron chi connectivity index (χ1n) is 6.40. The van der Waals surface area contributed by atoms with Crippen LogP contribution in [0.4, 0.5) is 39.5 Å². The van der Waals surface area contributed by atoms with Crippen molar-refractivity contribution >= 4 is 68.2 Å². The minimum atomic E-state index is -4.59. The summed E-state index contributed by atoms with van der Waals surface area (Å²) in [5.74, 6) is 0. The first kappa shape index (κ1) is 29.6. The molecule has 3 rings (SSSR count). The summed E-state index contributed by atoms with van der Waals surface area (Å²) < 4.78 is 108. The smallest absolute Gasteiger partial charge is 0.406 e. The van der Waals surface area contributed by atoms with Crippen LogP contribution in [0.1, 0.15) is 15.0 Å². The fourth-order valence-corrected chi connectivity index (χ4v) is 5.61. The molecule has 0 aromatic carbocycles. The molecule has 6 nitrogen and oxygen atoms in total. The van der Waals surface area contributed by atoms with E-state index in [0.717, 1.165) is 21.6 Å². The summed E-state index contributed by atoms with van der Waals surface area (Å²) >= 11 is 5.31. The standard InChI is InChI=1S/C6F6N4S4.C3HF3N2S2.K/c7-5(8,9)1-13-15-3(17-1)19-20-4-16-14-2(18-4)6(10,11)12;4-3(5,6)1-7-8-2(9)10-1;/h;(H,8,9);/q;;+1/p-1. The van der Waals surface area contributed by atoms with Gasteiger partial charge in [0, 0.05) is 0 Å². The predicted octanol–water partition coefficient (Wildman–Crippen LogP) is 2.69. The van der Waals surface area contributed by atoms with Gasteiger partial charge in [0.15, 0.2) is 8.68 Å². The van der Waals surface area contributed by atoms with Gasteiger partial charge in [-0.05, 0) is 25.9 Å². The Hall–Kier alpha value is 0.606. The fourth-order valence-electron chi connectivity index (χ4n) is 1.11. The van der Waals surface area contributed by atoms with Crippen molar-refractivity contribution in [3.63, 3.8) is 0 Å². The van der Waals surface area contributed by atoms with Crippen molar-refractivity contribution in [2.75, 3.05) is 0 Å². The molecular weight excluding hydrogens is 595 g/mol. The molecule has 0 N–H and O–H groups in total.